The summed E-state index contributed by atoms with van der Waals surface area (Å²) in [6.07, 6.45) is -0.843. The maximum absolute atomic E-state index is 12.5. The van der Waals surface area contributed by atoms with Gasteiger partial charge in [0.2, 0.25) is 0 Å². The van der Waals surface area contributed by atoms with E-state index < -0.39 is 12.1 Å². The van der Waals surface area contributed by atoms with Crippen molar-refractivity contribution in [3.05, 3.63) is 59.7 Å². The Labute approximate surface area is 163 Å². The number of benzene rings is 2. The van der Waals surface area contributed by atoms with Crippen LogP contribution in [0.3, 0.4) is 0 Å². The number of aliphatic carboxylic acids is 1. The lowest BCUT2D eigenvalue weighted by molar-refractivity contribution is -0.150. The van der Waals surface area contributed by atoms with Crippen LogP contribution in [0.15, 0.2) is 48.5 Å². The summed E-state index contributed by atoms with van der Waals surface area (Å²) in [5, 5.41) is 18.6. The fourth-order valence-corrected chi connectivity index (χ4v) is 4.28. The van der Waals surface area contributed by atoms with Crippen LogP contribution in [-0.4, -0.2) is 53.0 Å². The molecule has 1 fully saturated rings. The molecule has 0 spiro atoms. The van der Waals surface area contributed by atoms with Crippen molar-refractivity contribution < 1.29 is 24.5 Å². The van der Waals surface area contributed by atoms with Crippen molar-refractivity contribution in [2.24, 2.45) is 5.92 Å². The van der Waals surface area contributed by atoms with Crippen LogP contribution >= 0.6 is 0 Å². The van der Waals surface area contributed by atoms with Crippen LogP contribution < -0.4 is 0 Å². The average Bonchev–Trinajstić information content (AvgIpc) is 3.05. The summed E-state index contributed by atoms with van der Waals surface area (Å²) < 4.78 is 5.63. The number of carbonyl (C=O) groups is 2. The summed E-state index contributed by atoms with van der Waals surface area (Å²) in [6.45, 7) is 1.06. The molecule has 1 aliphatic carbocycles. The number of amides is 1. The highest BCUT2D eigenvalue weighted by molar-refractivity contribution is 5.79. The van der Waals surface area contributed by atoms with Gasteiger partial charge in [0.25, 0.3) is 0 Å². The number of hydrogen-bond donors (Lipinski definition) is 2. The SMILES string of the molecule is O=C(O)C(O)C1CCN(C(=O)OCC2c3ccccc3-c3ccccc32)CC1. The molecule has 4 rings (SSSR count). The number of carboxylic acids is 1. The van der Waals surface area contributed by atoms with Crippen LogP contribution in [0.4, 0.5) is 4.79 Å². The van der Waals surface area contributed by atoms with Gasteiger partial charge in [-0.1, -0.05) is 48.5 Å². The molecule has 2 N–H and O–H groups in total. The zero-order valence-electron chi connectivity index (χ0n) is 15.5. The predicted octanol–water partition coefficient (Wildman–Crippen LogP) is 3.09. The summed E-state index contributed by atoms with van der Waals surface area (Å²) >= 11 is 0. The summed E-state index contributed by atoms with van der Waals surface area (Å²) in [6, 6.07) is 16.4. The van der Waals surface area contributed by atoms with E-state index in [0.29, 0.717) is 25.9 Å². The van der Waals surface area contributed by atoms with Crippen LogP contribution in [0.1, 0.15) is 29.9 Å². The third kappa shape index (κ3) is 3.36. The molecule has 1 aliphatic heterocycles. The van der Waals surface area contributed by atoms with E-state index >= 15 is 0 Å². The second-order valence-electron chi connectivity index (χ2n) is 7.41. The maximum Gasteiger partial charge on any atom is 0.409 e. The van der Waals surface area contributed by atoms with Gasteiger partial charge in [0.15, 0.2) is 6.10 Å². The summed E-state index contributed by atoms with van der Waals surface area (Å²) in [5.41, 5.74) is 4.70. The number of fused-ring (bicyclic) bond motifs is 3. The number of rotatable bonds is 4. The molecule has 146 valence electrons. The van der Waals surface area contributed by atoms with E-state index in [0.717, 1.165) is 0 Å². The van der Waals surface area contributed by atoms with Gasteiger partial charge in [-0.05, 0) is 41.0 Å². The lowest BCUT2D eigenvalue weighted by atomic mass is 9.91. The van der Waals surface area contributed by atoms with E-state index in [2.05, 4.69) is 24.3 Å². The minimum atomic E-state index is -1.37. The number of hydrogen-bond acceptors (Lipinski definition) is 4. The highest BCUT2D eigenvalue weighted by Crippen LogP contribution is 2.44. The van der Waals surface area contributed by atoms with Gasteiger partial charge in [-0.3, -0.25) is 0 Å². The molecule has 2 aromatic carbocycles. The Balaban J connectivity index is 1.39. The van der Waals surface area contributed by atoms with E-state index in [9.17, 15) is 14.7 Å². The van der Waals surface area contributed by atoms with Crippen molar-refractivity contribution >= 4 is 12.1 Å². The van der Waals surface area contributed by atoms with E-state index in [1.54, 1.807) is 4.90 Å². The molecule has 6 nitrogen and oxygen atoms in total. The Hall–Kier alpha value is -2.86. The fourth-order valence-electron chi connectivity index (χ4n) is 4.28. The molecular weight excluding hydrogens is 358 g/mol. The molecule has 1 heterocycles. The molecule has 1 atom stereocenters. The molecule has 28 heavy (non-hydrogen) atoms. The van der Waals surface area contributed by atoms with E-state index in [1.807, 2.05) is 24.3 Å². The first-order chi connectivity index (χ1) is 13.6. The van der Waals surface area contributed by atoms with Gasteiger partial charge in [0.05, 0.1) is 0 Å². The standard InChI is InChI=1S/C22H23NO5/c24-20(21(25)26)14-9-11-23(12-10-14)22(27)28-13-19-17-7-3-1-5-15(17)16-6-2-4-8-18(16)19/h1-8,14,19-20,24H,9-13H2,(H,25,26). The molecule has 0 radical (unpaired) electrons. The Bertz CT molecular complexity index is 843. The van der Waals surface area contributed by atoms with Crippen molar-refractivity contribution in [1.82, 2.24) is 4.90 Å². The predicted molar refractivity (Wildman–Crippen MR) is 103 cm³/mol. The second kappa shape index (κ2) is 7.64. The van der Waals surface area contributed by atoms with Crippen LogP contribution in [0.5, 0.6) is 0 Å². The first-order valence-corrected chi connectivity index (χ1v) is 9.57. The molecule has 0 saturated carbocycles. The monoisotopic (exact) mass is 381 g/mol. The van der Waals surface area contributed by atoms with Crippen molar-refractivity contribution in [1.29, 1.82) is 0 Å². The first-order valence-electron chi connectivity index (χ1n) is 9.57. The van der Waals surface area contributed by atoms with Gasteiger partial charge < -0.3 is 19.8 Å². The Morgan fingerprint density at radius 1 is 1.00 bits per heavy atom. The zero-order valence-corrected chi connectivity index (χ0v) is 15.5. The van der Waals surface area contributed by atoms with Crippen LogP contribution in [0.25, 0.3) is 11.1 Å². The third-order valence-corrected chi connectivity index (χ3v) is 5.83. The summed E-state index contributed by atoms with van der Waals surface area (Å²) in [4.78, 5) is 25.0. The molecular formula is C22H23NO5. The van der Waals surface area contributed by atoms with Crippen LogP contribution in [0.2, 0.25) is 0 Å². The number of likely N-dealkylation sites (tertiary alicyclic amines) is 1. The quantitative estimate of drug-likeness (QED) is 0.850. The van der Waals surface area contributed by atoms with E-state index in [-0.39, 0.29) is 24.5 Å². The summed E-state index contributed by atoms with van der Waals surface area (Å²) in [7, 11) is 0. The second-order valence-corrected chi connectivity index (χ2v) is 7.41. The largest absolute Gasteiger partial charge is 0.479 e. The van der Waals surface area contributed by atoms with Gasteiger partial charge in [-0.25, -0.2) is 9.59 Å². The highest BCUT2D eigenvalue weighted by atomic mass is 16.6. The summed E-state index contributed by atoms with van der Waals surface area (Å²) in [5.74, 6) is -1.52. The maximum atomic E-state index is 12.5. The lowest BCUT2D eigenvalue weighted by Crippen LogP contribution is -2.43. The van der Waals surface area contributed by atoms with E-state index in [4.69, 9.17) is 9.84 Å². The van der Waals surface area contributed by atoms with Crippen molar-refractivity contribution in [3.63, 3.8) is 0 Å². The minimum absolute atomic E-state index is 0.0164. The van der Waals surface area contributed by atoms with Gasteiger partial charge >= 0.3 is 12.1 Å². The van der Waals surface area contributed by atoms with Gasteiger partial charge in [-0.2, -0.15) is 0 Å². The molecule has 2 aliphatic rings. The number of carbonyl (C=O) groups excluding carboxylic acids is 1. The van der Waals surface area contributed by atoms with Crippen molar-refractivity contribution in [2.45, 2.75) is 24.9 Å². The number of aliphatic hydroxyl groups is 1. The molecule has 0 bridgehead atoms. The van der Waals surface area contributed by atoms with Crippen LogP contribution in [0, 0.1) is 5.92 Å². The Morgan fingerprint density at radius 3 is 2.07 bits per heavy atom. The number of carboxylic acid groups (broad SMARTS) is 1. The smallest absolute Gasteiger partial charge is 0.409 e. The van der Waals surface area contributed by atoms with Crippen molar-refractivity contribution in [3.8, 4) is 11.1 Å². The molecule has 1 unspecified atom stereocenters. The molecule has 6 heteroatoms. The number of piperidine rings is 1. The number of nitrogens with zero attached hydrogens (tertiary/aromatic N) is 1. The topological polar surface area (TPSA) is 87.1 Å². The average molecular weight is 381 g/mol. The zero-order chi connectivity index (χ0) is 19.7. The lowest BCUT2D eigenvalue weighted by Gasteiger charge is -2.32. The Kier molecular flexibility index (Phi) is 5.05. The Morgan fingerprint density at radius 2 is 1.54 bits per heavy atom. The fraction of sp³-hybridized carbons (Fsp3) is 0.364. The normalized spacial score (nSPS) is 17.7. The number of ether oxygens (including phenoxy) is 1. The highest BCUT2D eigenvalue weighted by Gasteiger charge is 2.33. The van der Waals surface area contributed by atoms with Crippen LogP contribution in [-0.2, 0) is 9.53 Å². The number of aliphatic hydroxyl groups excluding tert-OH is 1. The van der Waals surface area contributed by atoms with Gasteiger partial charge in [0.1, 0.15) is 6.61 Å². The molecule has 1 amide bonds. The minimum Gasteiger partial charge on any atom is -0.479 e. The third-order valence-electron chi connectivity index (χ3n) is 5.83. The van der Waals surface area contributed by atoms with Gasteiger partial charge in [0, 0.05) is 19.0 Å². The molecule has 2 aromatic rings. The molecule has 1 saturated heterocycles. The van der Waals surface area contributed by atoms with E-state index in [1.165, 1.54) is 22.3 Å². The van der Waals surface area contributed by atoms with Crippen molar-refractivity contribution in [2.75, 3.05) is 19.7 Å². The first kappa shape index (κ1) is 18.5. The van der Waals surface area contributed by atoms with Gasteiger partial charge in [-0.15, -0.1) is 0 Å². The molecule has 0 aromatic heterocycles.